The number of phosphoric ester groups is 4. The monoisotopic (exact) mass is 845 g/mol. The van der Waals surface area contributed by atoms with E-state index >= 15 is 0 Å². The van der Waals surface area contributed by atoms with Crippen LogP contribution < -0.4 is 0 Å². The maximum absolute atomic E-state index is 13.4. The summed E-state index contributed by atoms with van der Waals surface area (Å²) in [5.74, 6) is -6.84. The van der Waals surface area contributed by atoms with Gasteiger partial charge in [-0.3, -0.25) is 18.1 Å². The number of unbranched alkanes of at least 4 members (excludes halogenated alkanes) is 12. The van der Waals surface area contributed by atoms with Crippen LogP contribution in [0, 0.1) is 0 Å². The topological polar surface area (TPSA) is 277 Å². The Morgan fingerprint density at radius 3 is 1.14 bits per heavy atom. The van der Waals surface area contributed by atoms with Crippen LogP contribution in [0.4, 0.5) is 0 Å². The third-order valence-corrected chi connectivity index (χ3v) is 12.4. The van der Waals surface area contributed by atoms with Crippen molar-refractivity contribution in [3.8, 4) is 0 Å². The minimum atomic E-state index is -5.61. The molecule has 0 radical (unpaired) electrons. The van der Waals surface area contributed by atoms with Crippen molar-refractivity contribution in [3.05, 3.63) is 0 Å². The third kappa shape index (κ3) is 27.9. The standard InChI is InChI=1S/C26H56O17P4.H2O.O.Ti/c1-5-9-13-15-17-19-23-36-44(30,31)42-46(34,38-21-11-7-3)40-26(29,25(27)28)41-47(35,39-22-12-8-4)43-45(32,33)37-24-20-18-16-14-10-6-2;;;/h29H,5-24H2,1-4H3,(H,27,28)(H,30,31)(H,32,33);1H2;;/q;;;+1/p-1. The van der Waals surface area contributed by atoms with Gasteiger partial charge >= 0.3 is 69.8 Å². The summed E-state index contributed by atoms with van der Waals surface area (Å²) in [6.45, 7) is 5.91. The molecule has 0 amide bonds. The van der Waals surface area contributed by atoms with E-state index in [1.165, 1.54) is 0 Å². The molecular formula is C26H57O19P4Ti. The average molecular weight is 845 g/mol. The predicted molar refractivity (Wildman–Crippen MR) is 175 cm³/mol. The summed E-state index contributed by atoms with van der Waals surface area (Å²) in [4.78, 5) is 32.5. The SMILES string of the molecule is CCCCCCCCOP(=O)(O)OP(=O)(OCCCC)OC(O)(OP(=O)(OCCCC)OP(=O)(O)OCCCCCCCC)C(=O)O.[O]=[Ti][OH]. The quantitative estimate of drug-likeness (QED) is 0.0181. The van der Waals surface area contributed by atoms with Gasteiger partial charge in [-0.05, 0) is 25.7 Å². The van der Waals surface area contributed by atoms with Crippen LogP contribution in [0.15, 0.2) is 0 Å². The van der Waals surface area contributed by atoms with E-state index in [9.17, 15) is 43.1 Å². The van der Waals surface area contributed by atoms with Crippen LogP contribution >= 0.6 is 31.3 Å². The van der Waals surface area contributed by atoms with Gasteiger partial charge in [0.2, 0.25) is 0 Å². The van der Waals surface area contributed by atoms with Crippen LogP contribution in [0.3, 0.4) is 0 Å². The number of hydrogen-bond acceptors (Lipinski definition) is 15. The van der Waals surface area contributed by atoms with Crippen molar-refractivity contribution in [2.75, 3.05) is 26.4 Å². The van der Waals surface area contributed by atoms with Crippen LogP contribution in [0.25, 0.3) is 0 Å². The molecule has 0 saturated heterocycles. The molecule has 0 rings (SSSR count). The zero-order valence-corrected chi connectivity index (χ0v) is 34.5. The molecule has 0 fully saturated rings. The van der Waals surface area contributed by atoms with E-state index in [1.807, 2.05) is 13.8 Å². The van der Waals surface area contributed by atoms with Crippen molar-refractivity contribution in [2.24, 2.45) is 0 Å². The van der Waals surface area contributed by atoms with Crippen LogP contribution in [-0.4, -0.2) is 62.1 Å². The van der Waals surface area contributed by atoms with Crippen molar-refractivity contribution in [3.63, 3.8) is 0 Å². The van der Waals surface area contributed by atoms with E-state index in [0.717, 1.165) is 51.4 Å². The van der Waals surface area contributed by atoms with Gasteiger partial charge in [0.1, 0.15) is 0 Å². The molecule has 0 bridgehead atoms. The Morgan fingerprint density at radius 1 is 0.560 bits per heavy atom. The molecule has 50 heavy (non-hydrogen) atoms. The first-order valence-electron chi connectivity index (χ1n) is 16.7. The van der Waals surface area contributed by atoms with E-state index in [0.29, 0.717) is 38.5 Å². The molecular weight excluding hydrogens is 788 g/mol. The summed E-state index contributed by atoms with van der Waals surface area (Å²) in [7, 11) is -21.8. The van der Waals surface area contributed by atoms with Gasteiger partial charge in [-0.2, -0.15) is 8.62 Å². The number of rotatable bonds is 33. The normalized spacial score (nSPS) is 17.5. The number of aliphatic hydroxyl groups is 1. The van der Waals surface area contributed by atoms with E-state index in [2.05, 4.69) is 17.7 Å². The predicted octanol–water partition coefficient (Wildman–Crippen LogP) is 7.91. The molecule has 4 unspecified atom stereocenters. The summed E-state index contributed by atoms with van der Waals surface area (Å²) in [6, 6.07) is 0. The Morgan fingerprint density at radius 2 is 0.840 bits per heavy atom. The number of carboxylic acids is 1. The molecule has 0 spiro atoms. The number of phosphoric acid groups is 4. The van der Waals surface area contributed by atoms with Gasteiger partial charge in [-0.1, -0.05) is 105 Å². The van der Waals surface area contributed by atoms with Gasteiger partial charge in [-0.25, -0.2) is 32.1 Å². The molecule has 0 aromatic carbocycles. The van der Waals surface area contributed by atoms with Crippen molar-refractivity contribution in [1.29, 1.82) is 0 Å². The molecule has 299 valence electrons. The van der Waals surface area contributed by atoms with Gasteiger partial charge in [-0.15, -0.1) is 0 Å². The van der Waals surface area contributed by atoms with Crippen molar-refractivity contribution < 1.29 is 105 Å². The molecule has 19 nitrogen and oxygen atoms in total. The number of hydrogen-bond donors (Lipinski definition) is 5. The second-order valence-corrected chi connectivity index (χ2v) is 17.4. The fourth-order valence-electron chi connectivity index (χ4n) is 3.60. The van der Waals surface area contributed by atoms with E-state index in [4.69, 9.17) is 25.1 Å². The van der Waals surface area contributed by atoms with Crippen LogP contribution in [0.2, 0.25) is 0 Å². The first kappa shape index (κ1) is 52.5. The number of carboxylic acid groups (broad SMARTS) is 1. The summed E-state index contributed by atoms with van der Waals surface area (Å²) < 4.78 is 106. The van der Waals surface area contributed by atoms with Crippen molar-refractivity contribution >= 4 is 37.3 Å². The summed E-state index contributed by atoms with van der Waals surface area (Å²) in [5, 5.41) is 20.5. The second-order valence-electron chi connectivity index (χ2n) is 10.7. The van der Waals surface area contributed by atoms with Crippen LogP contribution in [-0.2, 0) is 81.7 Å². The fourth-order valence-corrected chi connectivity index (χ4v) is 9.07. The summed E-state index contributed by atoms with van der Waals surface area (Å²) >= 11 is -1.75. The Kier molecular flexibility index (Phi) is 31.2. The molecule has 0 aliphatic rings. The van der Waals surface area contributed by atoms with Crippen molar-refractivity contribution in [1.82, 2.24) is 0 Å². The maximum atomic E-state index is 13.4. The first-order valence-corrected chi connectivity index (χ1v) is 23.9. The van der Waals surface area contributed by atoms with Gasteiger partial charge < -0.3 is 20.0 Å². The molecule has 0 saturated carbocycles. The van der Waals surface area contributed by atoms with Crippen LogP contribution in [0.1, 0.15) is 130 Å². The zero-order chi connectivity index (χ0) is 38.6. The second kappa shape index (κ2) is 29.7. The third-order valence-electron chi connectivity index (χ3n) is 6.15. The average Bonchev–Trinajstić information content (AvgIpc) is 2.99. The Bertz CT molecular complexity index is 1030. The van der Waals surface area contributed by atoms with Gasteiger partial charge in [0.25, 0.3) is 0 Å². The van der Waals surface area contributed by atoms with E-state index in [-0.39, 0.29) is 26.1 Å². The molecule has 24 heteroatoms. The molecule has 5 N–H and O–H groups in total. The van der Waals surface area contributed by atoms with Gasteiger partial charge in [0.15, 0.2) is 0 Å². The molecule has 0 aliphatic carbocycles. The fraction of sp³-hybridized carbons (Fsp3) is 0.962. The van der Waals surface area contributed by atoms with E-state index < -0.39 is 76.0 Å². The Labute approximate surface area is 304 Å². The molecule has 0 aromatic heterocycles. The molecule has 0 heterocycles. The van der Waals surface area contributed by atoms with Gasteiger partial charge in [0, 0.05) is 0 Å². The molecule has 0 aromatic rings. The molecule has 0 aliphatic heterocycles. The number of carbonyl (C=O) groups is 1. The summed E-state index contributed by atoms with van der Waals surface area (Å²) in [5.41, 5.74) is 0. The van der Waals surface area contributed by atoms with Crippen molar-refractivity contribution in [2.45, 2.75) is 136 Å². The Balaban J connectivity index is 0. The van der Waals surface area contributed by atoms with E-state index in [1.54, 1.807) is 13.8 Å². The number of aliphatic carboxylic acids is 1. The zero-order valence-electron chi connectivity index (χ0n) is 29.4. The first-order chi connectivity index (χ1) is 23.4. The minimum absolute atomic E-state index is 0.169. The Hall–Kier alpha value is 0.424. The summed E-state index contributed by atoms with van der Waals surface area (Å²) in [6.07, 6.45) is 10.9. The van der Waals surface area contributed by atoms with Gasteiger partial charge in [0.05, 0.1) is 26.4 Å². The van der Waals surface area contributed by atoms with Crippen LogP contribution in [0.5, 0.6) is 0 Å². The molecule has 4 atom stereocenters.